The summed E-state index contributed by atoms with van der Waals surface area (Å²) in [6.45, 7) is 1.99. The van der Waals surface area contributed by atoms with Crippen LogP contribution in [0.25, 0.3) is 11.1 Å². The molecule has 0 fully saturated rings. The van der Waals surface area contributed by atoms with Gasteiger partial charge in [0, 0.05) is 19.0 Å². The fourth-order valence-electron chi connectivity index (χ4n) is 4.84. The molecule has 10 heteroatoms. The molecule has 0 aromatic heterocycles. The smallest absolute Gasteiger partial charge is 0.322 e. The van der Waals surface area contributed by atoms with E-state index >= 15 is 0 Å². The summed E-state index contributed by atoms with van der Waals surface area (Å²) in [5.41, 5.74) is 9.25. The monoisotopic (exact) mass is 527 g/mol. The van der Waals surface area contributed by atoms with E-state index in [0.29, 0.717) is 67.1 Å². The Morgan fingerprint density at radius 3 is 2.42 bits per heavy atom. The largest absolute Gasteiger partial charge is 0.493 e. The molecule has 1 aliphatic carbocycles. The topological polar surface area (TPSA) is 138 Å². The molecule has 1 unspecified atom stereocenters. The number of carbonyl (C=O) groups excluding carboxylic acids is 2. The fourth-order valence-corrected chi connectivity index (χ4v) is 4.84. The van der Waals surface area contributed by atoms with Gasteiger partial charge in [0.2, 0.25) is 17.1 Å². The minimum Gasteiger partial charge on any atom is -0.493 e. The van der Waals surface area contributed by atoms with Crippen LogP contribution in [0.3, 0.4) is 0 Å². The number of amides is 1. The van der Waals surface area contributed by atoms with Crippen molar-refractivity contribution >= 4 is 17.6 Å². The van der Waals surface area contributed by atoms with Gasteiger partial charge in [-0.25, -0.2) is 0 Å². The summed E-state index contributed by atoms with van der Waals surface area (Å²) >= 11 is 0. The number of methoxy groups -OCH3 is 4. The molecule has 206 valence electrons. The van der Waals surface area contributed by atoms with Crippen LogP contribution in [0.1, 0.15) is 49.8 Å². The van der Waals surface area contributed by atoms with Crippen LogP contribution in [0.5, 0.6) is 17.2 Å². The fraction of sp³-hybridized carbons (Fsp3) is 0.464. The average Bonchev–Trinajstić information content (AvgIpc) is 3.15. The standard InChI is InChI=1S/C28H37N3O7/c1-16(32)31-21-11-9-17-14-24(35-2)26(36-3)27(37-4)25(17)18-10-12-22(23(33)15-19(18)21)30-13-7-6-8-20(29)28(34)38-5/h10,12,14-15,20-21H,6-9,11,13,29H2,1-5H3,(H,30,33)(H,31,32)/t20?,21-/m0/s1. The predicted molar refractivity (Wildman–Crippen MR) is 145 cm³/mol. The summed E-state index contributed by atoms with van der Waals surface area (Å²) in [6, 6.07) is 6.09. The number of hydrogen-bond donors (Lipinski definition) is 3. The molecule has 1 aliphatic rings. The Labute approximate surface area is 222 Å². The zero-order chi connectivity index (χ0) is 27.8. The third-order valence-electron chi connectivity index (χ3n) is 6.68. The van der Waals surface area contributed by atoms with Crippen molar-refractivity contribution in [2.75, 3.05) is 40.3 Å². The van der Waals surface area contributed by atoms with Gasteiger partial charge in [-0.2, -0.15) is 0 Å². The first-order valence-electron chi connectivity index (χ1n) is 12.6. The van der Waals surface area contributed by atoms with Crippen molar-refractivity contribution in [1.29, 1.82) is 0 Å². The Hall–Kier alpha value is -3.79. The molecule has 3 rings (SSSR count). The number of esters is 1. The van der Waals surface area contributed by atoms with E-state index in [1.165, 1.54) is 14.0 Å². The van der Waals surface area contributed by atoms with Crippen molar-refractivity contribution in [3.8, 4) is 28.4 Å². The van der Waals surface area contributed by atoms with E-state index in [2.05, 4.69) is 15.4 Å². The van der Waals surface area contributed by atoms with E-state index < -0.39 is 12.0 Å². The van der Waals surface area contributed by atoms with Crippen molar-refractivity contribution in [3.05, 3.63) is 45.6 Å². The van der Waals surface area contributed by atoms with Crippen LogP contribution in [0.2, 0.25) is 0 Å². The van der Waals surface area contributed by atoms with Gasteiger partial charge < -0.3 is 35.3 Å². The maximum atomic E-state index is 13.3. The molecule has 0 saturated carbocycles. The minimum absolute atomic E-state index is 0.184. The lowest BCUT2D eigenvalue weighted by atomic mass is 9.95. The molecule has 1 amide bonds. The van der Waals surface area contributed by atoms with E-state index in [1.807, 2.05) is 12.1 Å². The highest BCUT2D eigenvalue weighted by Gasteiger charge is 2.29. The normalized spacial score (nSPS) is 14.7. The molecule has 2 aromatic carbocycles. The van der Waals surface area contributed by atoms with Crippen molar-refractivity contribution in [1.82, 2.24) is 5.32 Å². The molecule has 38 heavy (non-hydrogen) atoms. The highest BCUT2D eigenvalue weighted by molar-refractivity contribution is 5.83. The Balaban J connectivity index is 2.01. The van der Waals surface area contributed by atoms with Crippen LogP contribution < -0.4 is 36.0 Å². The summed E-state index contributed by atoms with van der Waals surface area (Å²) in [5, 5.41) is 6.21. The van der Waals surface area contributed by atoms with Crippen LogP contribution in [0.4, 0.5) is 5.69 Å². The first-order chi connectivity index (χ1) is 18.2. The number of ether oxygens (including phenoxy) is 4. The van der Waals surface area contributed by atoms with Crippen molar-refractivity contribution < 1.29 is 28.5 Å². The number of aryl methyl sites for hydroxylation is 1. The van der Waals surface area contributed by atoms with E-state index in [4.69, 9.17) is 19.9 Å². The van der Waals surface area contributed by atoms with Crippen molar-refractivity contribution in [2.45, 2.75) is 51.1 Å². The SMILES string of the molecule is COC(=O)C(N)CCCCNc1ccc2c(cc1=O)[C@@H](NC(C)=O)CCc1cc(OC)c(OC)c(OC)c1-2. The van der Waals surface area contributed by atoms with Crippen LogP contribution in [-0.4, -0.2) is 52.9 Å². The molecule has 0 aliphatic heterocycles. The maximum Gasteiger partial charge on any atom is 0.322 e. The maximum absolute atomic E-state index is 13.3. The lowest BCUT2D eigenvalue weighted by Gasteiger charge is -2.19. The number of fused-ring (bicyclic) bond motifs is 3. The molecular formula is C28H37N3O7. The highest BCUT2D eigenvalue weighted by Crippen LogP contribution is 2.50. The number of carbonyl (C=O) groups is 2. The van der Waals surface area contributed by atoms with Gasteiger partial charge in [0.25, 0.3) is 0 Å². The zero-order valence-electron chi connectivity index (χ0n) is 22.6. The summed E-state index contributed by atoms with van der Waals surface area (Å²) in [7, 11) is 5.99. The Kier molecular flexibility index (Phi) is 9.95. The van der Waals surface area contributed by atoms with E-state index in [-0.39, 0.29) is 17.4 Å². The van der Waals surface area contributed by atoms with E-state index in [1.54, 1.807) is 33.5 Å². The molecule has 2 atom stereocenters. The Morgan fingerprint density at radius 1 is 1.05 bits per heavy atom. The molecule has 0 heterocycles. The quantitative estimate of drug-likeness (QED) is 0.297. The second-order valence-electron chi connectivity index (χ2n) is 9.15. The Morgan fingerprint density at radius 2 is 1.79 bits per heavy atom. The summed E-state index contributed by atoms with van der Waals surface area (Å²) < 4.78 is 21.6. The van der Waals surface area contributed by atoms with Crippen molar-refractivity contribution in [2.24, 2.45) is 5.73 Å². The Bertz CT molecular complexity index is 1230. The van der Waals surface area contributed by atoms with Crippen LogP contribution in [0.15, 0.2) is 29.1 Å². The molecule has 0 spiro atoms. The number of hydrogen-bond acceptors (Lipinski definition) is 9. The summed E-state index contributed by atoms with van der Waals surface area (Å²) in [6.07, 6.45) is 3.12. The molecule has 4 N–H and O–H groups in total. The lowest BCUT2D eigenvalue weighted by Crippen LogP contribution is -2.31. The third kappa shape index (κ3) is 6.36. The second kappa shape index (κ2) is 13.1. The number of nitrogens with one attached hydrogen (secondary N) is 2. The molecule has 0 saturated heterocycles. The average molecular weight is 528 g/mol. The third-order valence-corrected chi connectivity index (χ3v) is 6.68. The first-order valence-corrected chi connectivity index (χ1v) is 12.6. The number of anilines is 1. The molecule has 10 nitrogen and oxygen atoms in total. The van der Waals surface area contributed by atoms with Crippen LogP contribution in [0, 0.1) is 0 Å². The number of rotatable bonds is 11. The number of benzene rings is 1. The van der Waals surface area contributed by atoms with Crippen LogP contribution >= 0.6 is 0 Å². The van der Waals surface area contributed by atoms with Crippen LogP contribution in [-0.2, 0) is 20.7 Å². The minimum atomic E-state index is -0.656. The van der Waals surface area contributed by atoms with E-state index in [0.717, 1.165) is 16.7 Å². The van der Waals surface area contributed by atoms with Crippen molar-refractivity contribution in [3.63, 3.8) is 0 Å². The predicted octanol–water partition coefficient (Wildman–Crippen LogP) is 2.95. The molecule has 0 radical (unpaired) electrons. The van der Waals surface area contributed by atoms with Gasteiger partial charge in [-0.15, -0.1) is 0 Å². The van der Waals surface area contributed by atoms with Gasteiger partial charge in [0.1, 0.15) is 6.04 Å². The van der Waals surface area contributed by atoms with Gasteiger partial charge in [-0.3, -0.25) is 14.4 Å². The van der Waals surface area contributed by atoms with Gasteiger partial charge in [0.05, 0.1) is 40.2 Å². The zero-order valence-corrected chi connectivity index (χ0v) is 22.6. The number of nitrogens with two attached hydrogens (primary N) is 1. The molecular weight excluding hydrogens is 490 g/mol. The summed E-state index contributed by atoms with van der Waals surface area (Å²) in [5.74, 6) is 0.880. The molecule has 0 bridgehead atoms. The first kappa shape index (κ1) is 28.8. The highest BCUT2D eigenvalue weighted by atomic mass is 16.5. The van der Waals surface area contributed by atoms with Gasteiger partial charge in [-0.05, 0) is 67.0 Å². The van der Waals surface area contributed by atoms with Gasteiger partial charge >= 0.3 is 5.97 Å². The second-order valence-corrected chi connectivity index (χ2v) is 9.15. The van der Waals surface area contributed by atoms with Gasteiger partial charge in [-0.1, -0.05) is 6.07 Å². The number of unbranched alkanes of at least 4 members (excludes halogenated alkanes) is 1. The van der Waals surface area contributed by atoms with E-state index in [9.17, 15) is 14.4 Å². The molecule has 2 aromatic rings. The lowest BCUT2D eigenvalue weighted by molar-refractivity contribution is -0.142. The summed E-state index contributed by atoms with van der Waals surface area (Å²) in [4.78, 5) is 36.8. The van der Waals surface area contributed by atoms with Gasteiger partial charge in [0.15, 0.2) is 11.5 Å².